The average Bonchev–Trinajstić information content (AvgIpc) is 2.41. The van der Waals surface area contributed by atoms with E-state index in [1.807, 2.05) is 13.0 Å². The number of nitriles is 1. The van der Waals surface area contributed by atoms with Crippen molar-refractivity contribution in [2.75, 3.05) is 5.32 Å². The molecule has 4 heteroatoms. The second-order valence-electron chi connectivity index (χ2n) is 4.69. The lowest BCUT2D eigenvalue weighted by Crippen LogP contribution is -2.18. The lowest BCUT2D eigenvalue weighted by molar-refractivity contribution is 0.624. The van der Waals surface area contributed by atoms with Gasteiger partial charge in [0.2, 0.25) is 0 Å². The lowest BCUT2D eigenvalue weighted by atomic mass is 10.1. The predicted octanol–water partition coefficient (Wildman–Crippen LogP) is 4.39. The molecule has 0 aliphatic rings. The van der Waals surface area contributed by atoms with E-state index in [0.29, 0.717) is 17.0 Å². The summed E-state index contributed by atoms with van der Waals surface area (Å²) in [6, 6.07) is 13.7. The van der Waals surface area contributed by atoms with Crippen molar-refractivity contribution in [2.45, 2.75) is 19.4 Å². The van der Waals surface area contributed by atoms with E-state index in [0.717, 1.165) is 11.3 Å². The first-order valence-electron chi connectivity index (χ1n) is 6.29. The maximum Gasteiger partial charge on any atom is 0.123 e. The Kier molecular flexibility index (Phi) is 4.60. The third kappa shape index (κ3) is 3.72. The Morgan fingerprint density at radius 2 is 2.10 bits per heavy atom. The lowest BCUT2D eigenvalue weighted by Gasteiger charge is -2.16. The highest BCUT2D eigenvalue weighted by Crippen LogP contribution is 2.24. The molecule has 0 saturated carbocycles. The molecular weight excluding hydrogens is 275 g/mol. The first-order valence-corrected chi connectivity index (χ1v) is 6.67. The maximum atomic E-state index is 13.1. The monoisotopic (exact) mass is 288 g/mol. The Morgan fingerprint density at radius 1 is 1.30 bits per heavy atom. The van der Waals surface area contributed by atoms with Gasteiger partial charge in [-0.3, -0.25) is 0 Å². The molecule has 0 fully saturated rings. The summed E-state index contributed by atoms with van der Waals surface area (Å²) in [4.78, 5) is 0. The summed E-state index contributed by atoms with van der Waals surface area (Å²) >= 11 is 6.09. The molecule has 2 nitrogen and oxygen atoms in total. The smallest absolute Gasteiger partial charge is 0.123 e. The average molecular weight is 289 g/mol. The Hall–Kier alpha value is -2.05. The molecule has 0 spiro atoms. The van der Waals surface area contributed by atoms with Crippen molar-refractivity contribution in [1.82, 2.24) is 0 Å². The molecule has 20 heavy (non-hydrogen) atoms. The third-order valence-electron chi connectivity index (χ3n) is 2.93. The Bertz CT molecular complexity index is 649. The molecule has 2 aromatic carbocycles. The van der Waals surface area contributed by atoms with Crippen molar-refractivity contribution in [1.29, 1.82) is 5.26 Å². The number of benzene rings is 2. The van der Waals surface area contributed by atoms with Crippen molar-refractivity contribution in [3.8, 4) is 6.07 Å². The molecule has 0 saturated heterocycles. The number of hydrogen-bond acceptors (Lipinski definition) is 2. The highest BCUT2D eigenvalue weighted by Gasteiger charge is 2.08. The minimum Gasteiger partial charge on any atom is -0.381 e. The van der Waals surface area contributed by atoms with Crippen molar-refractivity contribution >= 4 is 17.3 Å². The van der Waals surface area contributed by atoms with E-state index in [4.69, 9.17) is 16.9 Å². The van der Waals surface area contributed by atoms with Gasteiger partial charge < -0.3 is 5.32 Å². The van der Waals surface area contributed by atoms with Gasteiger partial charge in [-0.1, -0.05) is 23.7 Å². The molecule has 0 amide bonds. The maximum absolute atomic E-state index is 13.1. The quantitative estimate of drug-likeness (QED) is 0.905. The molecular formula is C16H14ClFN2. The first kappa shape index (κ1) is 14.4. The van der Waals surface area contributed by atoms with Crippen LogP contribution in [0.2, 0.25) is 5.02 Å². The molecule has 0 radical (unpaired) electrons. The van der Waals surface area contributed by atoms with Crippen LogP contribution in [0.1, 0.15) is 18.1 Å². The topological polar surface area (TPSA) is 35.8 Å². The van der Waals surface area contributed by atoms with Gasteiger partial charge >= 0.3 is 0 Å². The second kappa shape index (κ2) is 6.40. The van der Waals surface area contributed by atoms with Gasteiger partial charge in [0.15, 0.2) is 0 Å². The van der Waals surface area contributed by atoms with E-state index < -0.39 is 0 Å². The predicted molar refractivity (Wildman–Crippen MR) is 79.4 cm³/mol. The first-order chi connectivity index (χ1) is 9.58. The van der Waals surface area contributed by atoms with Gasteiger partial charge in [0, 0.05) is 6.04 Å². The van der Waals surface area contributed by atoms with E-state index in [-0.39, 0.29) is 11.9 Å². The van der Waals surface area contributed by atoms with Crippen LogP contribution in [-0.2, 0) is 6.42 Å². The van der Waals surface area contributed by atoms with Gasteiger partial charge in [-0.05, 0) is 49.2 Å². The zero-order valence-electron chi connectivity index (χ0n) is 11.0. The summed E-state index contributed by atoms with van der Waals surface area (Å²) in [6.07, 6.45) is 0.671. The van der Waals surface area contributed by atoms with Gasteiger partial charge in [0.25, 0.3) is 0 Å². The van der Waals surface area contributed by atoms with Crippen LogP contribution in [0.15, 0.2) is 42.5 Å². The van der Waals surface area contributed by atoms with Crippen molar-refractivity contribution in [3.63, 3.8) is 0 Å². The highest BCUT2D eigenvalue weighted by atomic mass is 35.5. The Morgan fingerprint density at radius 3 is 2.80 bits per heavy atom. The highest BCUT2D eigenvalue weighted by molar-refractivity contribution is 6.33. The van der Waals surface area contributed by atoms with E-state index in [9.17, 15) is 4.39 Å². The van der Waals surface area contributed by atoms with Gasteiger partial charge in [-0.2, -0.15) is 5.26 Å². The SMILES string of the molecule is CC(Cc1cccc(F)c1)Nc1cc(C#N)ccc1Cl. The van der Waals surface area contributed by atoms with Crippen molar-refractivity contribution in [2.24, 2.45) is 0 Å². The molecule has 102 valence electrons. The summed E-state index contributed by atoms with van der Waals surface area (Å²) in [5.74, 6) is -0.237. The summed E-state index contributed by atoms with van der Waals surface area (Å²) in [7, 11) is 0. The fraction of sp³-hybridized carbons (Fsp3) is 0.188. The van der Waals surface area contributed by atoms with Crippen LogP contribution in [0.4, 0.5) is 10.1 Å². The van der Waals surface area contributed by atoms with Crippen molar-refractivity contribution in [3.05, 3.63) is 64.4 Å². The van der Waals surface area contributed by atoms with Crippen LogP contribution in [0, 0.1) is 17.1 Å². The Balaban J connectivity index is 2.08. The van der Waals surface area contributed by atoms with E-state index in [1.54, 1.807) is 24.3 Å². The number of rotatable bonds is 4. The zero-order chi connectivity index (χ0) is 14.5. The standard InChI is InChI=1S/C16H14ClFN2/c1-11(7-12-3-2-4-14(18)8-12)20-16-9-13(10-19)5-6-15(16)17/h2-6,8-9,11,20H,7H2,1H3. The van der Waals surface area contributed by atoms with E-state index in [2.05, 4.69) is 11.4 Å². The number of halogens is 2. The molecule has 1 atom stereocenters. The van der Waals surface area contributed by atoms with Gasteiger partial charge in [-0.25, -0.2) is 4.39 Å². The van der Waals surface area contributed by atoms with Crippen LogP contribution in [0.3, 0.4) is 0 Å². The minimum absolute atomic E-state index is 0.0724. The largest absolute Gasteiger partial charge is 0.381 e. The molecule has 0 bridgehead atoms. The van der Waals surface area contributed by atoms with Crippen LogP contribution in [-0.4, -0.2) is 6.04 Å². The van der Waals surface area contributed by atoms with Crippen LogP contribution >= 0.6 is 11.6 Å². The molecule has 2 rings (SSSR count). The van der Waals surface area contributed by atoms with Crippen LogP contribution in [0.25, 0.3) is 0 Å². The number of nitrogens with one attached hydrogen (secondary N) is 1. The third-order valence-corrected chi connectivity index (χ3v) is 3.26. The van der Waals surface area contributed by atoms with Gasteiger partial charge in [0.1, 0.15) is 5.82 Å². The van der Waals surface area contributed by atoms with Gasteiger partial charge in [-0.15, -0.1) is 0 Å². The summed E-state index contributed by atoms with van der Waals surface area (Å²) in [5.41, 5.74) is 2.18. The van der Waals surface area contributed by atoms with Crippen molar-refractivity contribution < 1.29 is 4.39 Å². The number of nitrogens with zero attached hydrogens (tertiary/aromatic N) is 1. The fourth-order valence-electron chi connectivity index (χ4n) is 2.04. The second-order valence-corrected chi connectivity index (χ2v) is 5.09. The van der Waals surface area contributed by atoms with E-state index >= 15 is 0 Å². The van der Waals surface area contributed by atoms with Crippen LogP contribution in [0.5, 0.6) is 0 Å². The normalized spacial score (nSPS) is 11.7. The van der Waals surface area contributed by atoms with Gasteiger partial charge in [0.05, 0.1) is 22.3 Å². The molecule has 2 aromatic rings. The number of anilines is 1. The van der Waals surface area contributed by atoms with E-state index in [1.165, 1.54) is 12.1 Å². The summed E-state index contributed by atoms with van der Waals surface area (Å²) < 4.78 is 13.1. The molecule has 0 aliphatic carbocycles. The van der Waals surface area contributed by atoms with Crippen LogP contribution < -0.4 is 5.32 Å². The molecule has 0 aromatic heterocycles. The minimum atomic E-state index is -0.237. The molecule has 0 aliphatic heterocycles. The summed E-state index contributed by atoms with van der Waals surface area (Å²) in [6.45, 7) is 1.99. The molecule has 0 heterocycles. The number of hydrogen-bond donors (Lipinski definition) is 1. The fourth-order valence-corrected chi connectivity index (χ4v) is 2.21. The Labute approximate surface area is 122 Å². The molecule has 1 unspecified atom stereocenters. The zero-order valence-corrected chi connectivity index (χ0v) is 11.8. The summed E-state index contributed by atoms with van der Waals surface area (Å²) in [5, 5.41) is 12.7. The molecule has 1 N–H and O–H groups in total.